The molecule has 0 aliphatic carbocycles. The number of aliphatic hydroxyl groups excluding tert-OH is 1. The molecule has 0 atom stereocenters. The lowest BCUT2D eigenvalue weighted by molar-refractivity contribution is -0.387. The standard InChI is InChI=1S/C8H7F2NO3/c9-6-1-2-7(11(13)14)8(10)5(6)3-4-12/h1-2,12H,3-4H2. The zero-order valence-corrected chi connectivity index (χ0v) is 7.04. The lowest BCUT2D eigenvalue weighted by atomic mass is 10.1. The highest BCUT2D eigenvalue weighted by molar-refractivity contribution is 5.37. The van der Waals surface area contributed by atoms with Crippen LogP contribution in [0.1, 0.15) is 5.56 Å². The third kappa shape index (κ3) is 1.85. The van der Waals surface area contributed by atoms with Gasteiger partial charge in [-0.05, 0) is 6.07 Å². The molecule has 4 nitrogen and oxygen atoms in total. The van der Waals surface area contributed by atoms with E-state index >= 15 is 0 Å². The van der Waals surface area contributed by atoms with Gasteiger partial charge in [0.15, 0.2) is 0 Å². The molecule has 0 fully saturated rings. The van der Waals surface area contributed by atoms with Crippen LogP contribution in [0, 0.1) is 21.7 Å². The molecule has 0 saturated heterocycles. The summed E-state index contributed by atoms with van der Waals surface area (Å²) in [7, 11) is 0. The molecule has 1 aromatic carbocycles. The van der Waals surface area contributed by atoms with Crippen LogP contribution in [0.15, 0.2) is 12.1 Å². The minimum Gasteiger partial charge on any atom is -0.396 e. The largest absolute Gasteiger partial charge is 0.396 e. The molecule has 0 aliphatic heterocycles. The van der Waals surface area contributed by atoms with Crippen LogP contribution in [0.3, 0.4) is 0 Å². The summed E-state index contributed by atoms with van der Waals surface area (Å²) in [4.78, 5) is 9.34. The minimum atomic E-state index is -1.22. The van der Waals surface area contributed by atoms with Crippen molar-refractivity contribution in [3.8, 4) is 0 Å². The maximum Gasteiger partial charge on any atom is 0.305 e. The van der Waals surface area contributed by atoms with E-state index < -0.39 is 34.4 Å². The van der Waals surface area contributed by atoms with Crippen LogP contribution in [0.4, 0.5) is 14.5 Å². The second-order valence-electron chi connectivity index (χ2n) is 2.59. The molecule has 1 N–H and O–H groups in total. The van der Waals surface area contributed by atoms with E-state index in [2.05, 4.69) is 0 Å². The topological polar surface area (TPSA) is 63.4 Å². The number of hydrogen-bond acceptors (Lipinski definition) is 3. The van der Waals surface area contributed by atoms with Crippen molar-refractivity contribution in [2.24, 2.45) is 0 Å². The van der Waals surface area contributed by atoms with Gasteiger partial charge in [0.2, 0.25) is 5.82 Å². The van der Waals surface area contributed by atoms with E-state index in [0.717, 1.165) is 12.1 Å². The zero-order chi connectivity index (χ0) is 10.7. The third-order valence-corrected chi connectivity index (χ3v) is 1.72. The summed E-state index contributed by atoms with van der Waals surface area (Å²) in [6.45, 7) is -0.463. The van der Waals surface area contributed by atoms with Crippen molar-refractivity contribution in [1.29, 1.82) is 0 Å². The number of nitrogens with zero attached hydrogens (tertiary/aromatic N) is 1. The Morgan fingerprint density at radius 3 is 2.57 bits per heavy atom. The van der Waals surface area contributed by atoms with Crippen molar-refractivity contribution >= 4 is 5.69 Å². The molecule has 0 aromatic heterocycles. The van der Waals surface area contributed by atoms with Gasteiger partial charge in [-0.15, -0.1) is 0 Å². The average molecular weight is 203 g/mol. The predicted octanol–water partition coefficient (Wildman–Crippen LogP) is 1.41. The van der Waals surface area contributed by atoms with Crippen LogP contribution in [-0.4, -0.2) is 16.6 Å². The number of hydrogen-bond donors (Lipinski definition) is 1. The van der Waals surface area contributed by atoms with Gasteiger partial charge < -0.3 is 5.11 Å². The van der Waals surface area contributed by atoms with E-state index in [4.69, 9.17) is 5.11 Å². The van der Waals surface area contributed by atoms with Gasteiger partial charge in [0.1, 0.15) is 5.82 Å². The van der Waals surface area contributed by atoms with E-state index in [9.17, 15) is 18.9 Å². The Bertz CT molecular complexity index is 368. The highest BCUT2D eigenvalue weighted by atomic mass is 19.1. The molecule has 0 bridgehead atoms. The highest BCUT2D eigenvalue weighted by Crippen LogP contribution is 2.23. The van der Waals surface area contributed by atoms with E-state index in [-0.39, 0.29) is 6.42 Å². The number of aliphatic hydroxyl groups is 1. The summed E-state index contributed by atoms with van der Waals surface area (Å²) < 4.78 is 26.1. The van der Waals surface area contributed by atoms with Gasteiger partial charge in [0.25, 0.3) is 0 Å². The highest BCUT2D eigenvalue weighted by Gasteiger charge is 2.20. The van der Waals surface area contributed by atoms with Crippen LogP contribution >= 0.6 is 0 Å². The van der Waals surface area contributed by atoms with Crippen molar-refractivity contribution < 1.29 is 18.8 Å². The molecule has 0 aliphatic rings. The molecule has 0 radical (unpaired) electrons. The fourth-order valence-corrected chi connectivity index (χ4v) is 1.07. The van der Waals surface area contributed by atoms with Crippen molar-refractivity contribution in [3.05, 3.63) is 39.4 Å². The monoisotopic (exact) mass is 203 g/mol. The molecule has 1 aromatic rings. The van der Waals surface area contributed by atoms with Gasteiger partial charge in [0, 0.05) is 24.7 Å². The Morgan fingerprint density at radius 2 is 2.07 bits per heavy atom. The lowest BCUT2D eigenvalue weighted by Crippen LogP contribution is -2.03. The van der Waals surface area contributed by atoms with Crippen LogP contribution in [0.25, 0.3) is 0 Å². The summed E-state index contributed by atoms with van der Waals surface area (Å²) in [6.07, 6.45) is -0.278. The first-order chi connectivity index (χ1) is 6.57. The normalized spacial score (nSPS) is 10.2. The van der Waals surface area contributed by atoms with Gasteiger partial charge >= 0.3 is 5.69 Å². The fourth-order valence-electron chi connectivity index (χ4n) is 1.07. The molecule has 0 heterocycles. The molecule has 6 heteroatoms. The SMILES string of the molecule is O=[N+]([O-])c1ccc(F)c(CCO)c1F. The molecule has 0 unspecified atom stereocenters. The molecular weight excluding hydrogens is 196 g/mol. The van der Waals surface area contributed by atoms with E-state index in [1.165, 1.54) is 0 Å². The van der Waals surface area contributed by atoms with E-state index in [1.807, 2.05) is 0 Å². The summed E-state index contributed by atoms with van der Waals surface area (Å²) in [5.74, 6) is -2.11. The second-order valence-corrected chi connectivity index (χ2v) is 2.59. The summed E-state index contributed by atoms with van der Waals surface area (Å²) in [5, 5.41) is 18.8. The Labute approximate surface area is 77.9 Å². The first-order valence-corrected chi connectivity index (χ1v) is 3.80. The Hall–Kier alpha value is -1.56. The number of nitro benzene ring substituents is 1. The van der Waals surface area contributed by atoms with Crippen LogP contribution < -0.4 is 0 Å². The predicted molar refractivity (Wildman–Crippen MR) is 43.8 cm³/mol. The smallest absolute Gasteiger partial charge is 0.305 e. The number of benzene rings is 1. The molecule has 0 saturated carbocycles. The van der Waals surface area contributed by atoms with Crippen molar-refractivity contribution in [2.75, 3.05) is 6.61 Å². The fraction of sp³-hybridized carbons (Fsp3) is 0.250. The number of rotatable bonds is 3. The summed E-state index contributed by atoms with van der Waals surface area (Å²) in [5.41, 5.74) is -1.24. The maximum absolute atomic E-state index is 13.2. The average Bonchev–Trinajstić information content (AvgIpc) is 2.11. The Kier molecular flexibility index (Phi) is 3.08. The molecule has 76 valence electrons. The minimum absolute atomic E-state index is 0.278. The van der Waals surface area contributed by atoms with E-state index in [1.54, 1.807) is 0 Å². The Balaban J connectivity index is 3.26. The van der Waals surface area contributed by atoms with E-state index in [0.29, 0.717) is 0 Å². The summed E-state index contributed by atoms with van der Waals surface area (Å²) in [6, 6.07) is 1.57. The van der Waals surface area contributed by atoms with Crippen molar-refractivity contribution in [1.82, 2.24) is 0 Å². The van der Waals surface area contributed by atoms with Crippen LogP contribution in [0.2, 0.25) is 0 Å². The molecule has 0 amide bonds. The Morgan fingerprint density at radius 1 is 1.43 bits per heavy atom. The lowest BCUT2D eigenvalue weighted by Gasteiger charge is -2.02. The van der Waals surface area contributed by atoms with Crippen LogP contribution in [0.5, 0.6) is 0 Å². The maximum atomic E-state index is 13.2. The molecule has 0 spiro atoms. The first kappa shape index (κ1) is 10.5. The quantitative estimate of drug-likeness (QED) is 0.596. The summed E-state index contributed by atoms with van der Waals surface area (Å²) >= 11 is 0. The van der Waals surface area contributed by atoms with Crippen molar-refractivity contribution in [2.45, 2.75) is 6.42 Å². The van der Waals surface area contributed by atoms with Crippen LogP contribution in [-0.2, 0) is 6.42 Å². The second kappa shape index (κ2) is 4.10. The first-order valence-electron chi connectivity index (χ1n) is 3.80. The van der Waals surface area contributed by atoms with Gasteiger partial charge in [0.05, 0.1) is 4.92 Å². The van der Waals surface area contributed by atoms with Gasteiger partial charge in [-0.3, -0.25) is 10.1 Å². The van der Waals surface area contributed by atoms with Crippen molar-refractivity contribution in [3.63, 3.8) is 0 Å². The number of nitro groups is 1. The molecular formula is C8H7F2NO3. The van der Waals surface area contributed by atoms with Gasteiger partial charge in [-0.25, -0.2) is 4.39 Å². The zero-order valence-electron chi connectivity index (χ0n) is 7.04. The number of halogens is 2. The van der Waals surface area contributed by atoms with Gasteiger partial charge in [-0.2, -0.15) is 4.39 Å². The van der Waals surface area contributed by atoms with Gasteiger partial charge in [-0.1, -0.05) is 0 Å². The molecule has 14 heavy (non-hydrogen) atoms. The molecule has 1 rings (SSSR count). The third-order valence-electron chi connectivity index (χ3n) is 1.72.